The van der Waals surface area contributed by atoms with Crippen molar-refractivity contribution < 1.29 is 42.6 Å². The largest absolute Gasteiger partial charge is 0.456 e. The van der Waals surface area contributed by atoms with Crippen LogP contribution in [0.3, 0.4) is 0 Å². The van der Waals surface area contributed by atoms with Gasteiger partial charge >= 0.3 is 17.9 Å². The number of halogens is 1. The Kier molecular flexibility index (Phi) is 8.75. The number of rotatable bonds is 8. The first-order valence-electron chi connectivity index (χ1n) is 8.18. The summed E-state index contributed by atoms with van der Waals surface area (Å²) in [5, 5.41) is 0. The first-order chi connectivity index (χ1) is 12.1. The Balaban J connectivity index is 2.90. The smallest absolute Gasteiger partial charge is 0.303 e. The van der Waals surface area contributed by atoms with Gasteiger partial charge in [0.05, 0.1) is 27.3 Å². The minimum atomic E-state index is -1.07. The van der Waals surface area contributed by atoms with Crippen LogP contribution in [0.5, 0.6) is 0 Å². The van der Waals surface area contributed by atoms with Crippen LogP contribution < -0.4 is 0 Å². The molecule has 1 saturated heterocycles. The first kappa shape index (κ1) is 22.6. The lowest BCUT2D eigenvalue weighted by Crippen LogP contribution is -2.58. The van der Waals surface area contributed by atoms with Gasteiger partial charge in [-0.2, -0.15) is 0 Å². The van der Waals surface area contributed by atoms with Crippen LogP contribution in [0.1, 0.15) is 20.8 Å². The predicted molar refractivity (Wildman–Crippen MR) is 90.0 cm³/mol. The van der Waals surface area contributed by atoms with Crippen LogP contribution in [0.15, 0.2) is 0 Å². The molecule has 1 aliphatic rings. The van der Waals surface area contributed by atoms with Crippen molar-refractivity contribution in [1.29, 1.82) is 0 Å². The van der Waals surface area contributed by atoms with E-state index in [1.54, 1.807) is 0 Å². The minimum absolute atomic E-state index is 0.0618. The van der Waals surface area contributed by atoms with Crippen molar-refractivity contribution in [3.05, 3.63) is 0 Å². The number of carbonyl (C=O) groups is 3. The standard InChI is InChI=1S/C16H27ClNO8/c1-10(19)24-13-8-23-16(22-7-6-18(4,5)9-17)15(26-12(3)21)14(13)25-11(2)20/h13-16H,6-9H2,1-5H3/q+1/t13-,14-,15+,16?/m0/s1. The van der Waals surface area contributed by atoms with Gasteiger partial charge < -0.3 is 28.2 Å². The second-order valence-electron chi connectivity index (χ2n) is 6.65. The normalized spacial score (nSPS) is 26.1. The maximum Gasteiger partial charge on any atom is 0.303 e. The van der Waals surface area contributed by atoms with E-state index in [1.165, 1.54) is 20.8 Å². The summed E-state index contributed by atoms with van der Waals surface area (Å²) in [6.45, 7) is 4.44. The van der Waals surface area contributed by atoms with Gasteiger partial charge in [-0.25, -0.2) is 0 Å². The fraction of sp³-hybridized carbons (Fsp3) is 0.812. The van der Waals surface area contributed by atoms with Crippen LogP contribution in [0.2, 0.25) is 0 Å². The van der Waals surface area contributed by atoms with Gasteiger partial charge in [-0.15, -0.1) is 0 Å². The van der Waals surface area contributed by atoms with E-state index in [-0.39, 0.29) is 13.2 Å². The highest BCUT2D eigenvalue weighted by Crippen LogP contribution is 2.25. The first-order valence-corrected chi connectivity index (χ1v) is 8.72. The zero-order chi connectivity index (χ0) is 19.9. The summed E-state index contributed by atoms with van der Waals surface area (Å²) in [5.41, 5.74) is 0. The van der Waals surface area contributed by atoms with Gasteiger partial charge in [0.2, 0.25) is 0 Å². The Morgan fingerprint density at radius 2 is 1.54 bits per heavy atom. The van der Waals surface area contributed by atoms with Gasteiger partial charge in [-0.05, 0) is 0 Å². The van der Waals surface area contributed by atoms with Crippen LogP contribution in [-0.2, 0) is 38.1 Å². The van der Waals surface area contributed by atoms with E-state index in [2.05, 4.69) is 0 Å². The summed E-state index contributed by atoms with van der Waals surface area (Å²) in [6, 6.07) is 0.396. The summed E-state index contributed by atoms with van der Waals surface area (Å²) in [4.78, 5) is 34.3. The Morgan fingerprint density at radius 3 is 2.04 bits per heavy atom. The predicted octanol–water partition coefficient (Wildman–Crippen LogP) is 0.427. The van der Waals surface area contributed by atoms with Crippen molar-refractivity contribution in [2.75, 3.05) is 39.9 Å². The molecule has 1 fully saturated rings. The topological polar surface area (TPSA) is 97.4 Å². The fourth-order valence-corrected chi connectivity index (χ4v) is 2.45. The van der Waals surface area contributed by atoms with Crippen LogP contribution in [0, 0.1) is 0 Å². The van der Waals surface area contributed by atoms with Crippen LogP contribution in [0.4, 0.5) is 0 Å². The lowest BCUT2D eigenvalue weighted by molar-refractivity contribution is -0.879. The number of likely N-dealkylation sites (N-methyl/N-ethyl adjacent to an activating group) is 1. The monoisotopic (exact) mass is 396 g/mol. The van der Waals surface area contributed by atoms with Crippen molar-refractivity contribution in [3.63, 3.8) is 0 Å². The molecule has 1 heterocycles. The maximum absolute atomic E-state index is 11.5. The summed E-state index contributed by atoms with van der Waals surface area (Å²) < 4.78 is 27.4. The number of nitrogens with zero attached hydrogens (tertiary/aromatic N) is 1. The van der Waals surface area contributed by atoms with Gasteiger partial charge in [0.15, 0.2) is 30.6 Å². The molecule has 0 aromatic rings. The third-order valence-electron chi connectivity index (χ3n) is 3.61. The molecule has 0 saturated carbocycles. The van der Waals surface area contributed by atoms with Crippen LogP contribution in [-0.4, -0.2) is 86.9 Å². The molecule has 0 N–H and O–H groups in total. The Hall–Kier alpha value is -1.42. The molecule has 4 atom stereocenters. The Morgan fingerprint density at radius 1 is 1.00 bits per heavy atom. The maximum atomic E-state index is 11.5. The number of carbonyl (C=O) groups excluding carboxylic acids is 3. The van der Waals surface area contributed by atoms with E-state index in [1.807, 2.05) is 14.1 Å². The summed E-state index contributed by atoms with van der Waals surface area (Å²) in [7, 11) is 3.86. The average molecular weight is 397 g/mol. The number of hydrogen-bond donors (Lipinski definition) is 0. The highest BCUT2D eigenvalue weighted by atomic mass is 35.5. The molecule has 26 heavy (non-hydrogen) atoms. The van der Waals surface area contributed by atoms with Crippen molar-refractivity contribution in [3.8, 4) is 0 Å². The van der Waals surface area contributed by atoms with E-state index in [4.69, 9.17) is 35.3 Å². The minimum Gasteiger partial charge on any atom is -0.456 e. The number of esters is 3. The van der Waals surface area contributed by atoms with E-state index in [0.29, 0.717) is 17.0 Å². The zero-order valence-electron chi connectivity index (χ0n) is 15.7. The van der Waals surface area contributed by atoms with Gasteiger partial charge in [0, 0.05) is 20.8 Å². The summed E-state index contributed by atoms with van der Waals surface area (Å²) in [5.74, 6) is -1.78. The molecule has 1 unspecified atom stereocenters. The zero-order valence-corrected chi connectivity index (χ0v) is 16.5. The lowest BCUT2D eigenvalue weighted by Gasteiger charge is -2.40. The van der Waals surface area contributed by atoms with E-state index >= 15 is 0 Å². The molecule has 1 aliphatic heterocycles. The number of hydrogen-bond acceptors (Lipinski definition) is 8. The molecule has 0 spiro atoms. The molecule has 10 heteroatoms. The van der Waals surface area contributed by atoms with E-state index in [0.717, 1.165) is 0 Å². The Bertz CT molecular complexity index is 512. The molecule has 150 valence electrons. The molecule has 9 nitrogen and oxygen atoms in total. The lowest BCUT2D eigenvalue weighted by atomic mass is 10.0. The van der Waals surface area contributed by atoms with Gasteiger partial charge in [-0.1, -0.05) is 11.6 Å². The van der Waals surface area contributed by atoms with Crippen LogP contribution >= 0.6 is 11.6 Å². The summed E-state index contributed by atoms with van der Waals surface area (Å²) in [6.07, 6.45) is -3.98. The highest BCUT2D eigenvalue weighted by Gasteiger charge is 2.47. The number of quaternary nitrogens is 1. The number of ether oxygens (including phenoxy) is 5. The second-order valence-corrected chi connectivity index (χ2v) is 6.89. The molecule has 0 aromatic carbocycles. The third kappa shape index (κ3) is 7.45. The molecule has 0 bridgehead atoms. The third-order valence-corrected chi connectivity index (χ3v) is 4.25. The molecule has 0 aromatic heterocycles. The van der Waals surface area contributed by atoms with E-state index < -0.39 is 42.5 Å². The second kappa shape index (κ2) is 10.1. The SMILES string of the molecule is CC(=O)O[C@H]1[C@@H](OC(C)=O)COC(OCC[N+](C)(C)CCl)[C@@H]1OC(C)=O. The number of alkyl halides is 1. The quantitative estimate of drug-likeness (QED) is 0.191. The van der Waals surface area contributed by atoms with Gasteiger partial charge in [0.25, 0.3) is 0 Å². The Labute approximate surface area is 158 Å². The molecule has 0 radical (unpaired) electrons. The molecular weight excluding hydrogens is 370 g/mol. The van der Waals surface area contributed by atoms with Crippen molar-refractivity contribution in [2.45, 2.75) is 45.4 Å². The molecule has 0 amide bonds. The summed E-state index contributed by atoms with van der Waals surface area (Å²) >= 11 is 5.87. The van der Waals surface area contributed by atoms with E-state index in [9.17, 15) is 14.4 Å². The van der Waals surface area contributed by atoms with Crippen molar-refractivity contribution in [1.82, 2.24) is 0 Å². The van der Waals surface area contributed by atoms with Crippen molar-refractivity contribution in [2.24, 2.45) is 0 Å². The average Bonchev–Trinajstić information content (AvgIpc) is 2.51. The van der Waals surface area contributed by atoms with Gasteiger partial charge in [-0.3, -0.25) is 14.4 Å². The van der Waals surface area contributed by atoms with Crippen LogP contribution in [0.25, 0.3) is 0 Å². The van der Waals surface area contributed by atoms with Gasteiger partial charge in [0.1, 0.15) is 6.54 Å². The highest BCUT2D eigenvalue weighted by molar-refractivity contribution is 6.16. The molecular formula is C16H27ClNO8+. The molecule has 1 rings (SSSR count). The molecule has 0 aliphatic carbocycles. The fourth-order valence-electron chi connectivity index (χ4n) is 2.33. The van der Waals surface area contributed by atoms with Crippen molar-refractivity contribution >= 4 is 29.5 Å².